The Bertz CT molecular complexity index is 582. The van der Waals surface area contributed by atoms with E-state index >= 15 is 0 Å². The van der Waals surface area contributed by atoms with Gasteiger partial charge in [0.25, 0.3) is 5.56 Å². The first-order valence-corrected chi connectivity index (χ1v) is 6.12. The molecule has 2 heterocycles. The number of H-pyrrole nitrogens is 1. The Balaban J connectivity index is 2.66. The van der Waals surface area contributed by atoms with E-state index in [1.807, 2.05) is 0 Å². The van der Waals surface area contributed by atoms with Crippen LogP contribution in [0.4, 0.5) is 0 Å². The van der Waals surface area contributed by atoms with E-state index in [9.17, 15) is 4.79 Å². The van der Waals surface area contributed by atoms with E-state index in [1.165, 1.54) is 0 Å². The zero-order valence-electron chi connectivity index (χ0n) is 10.6. The van der Waals surface area contributed by atoms with Crippen LogP contribution in [0.25, 0.3) is 11.0 Å². The third kappa shape index (κ3) is 2.09. The average molecular weight is 234 g/mol. The number of nitrogens with zero attached hydrogens (tertiary/aromatic N) is 3. The first kappa shape index (κ1) is 11.8. The molecule has 0 amide bonds. The lowest BCUT2D eigenvalue weighted by molar-refractivity contribution is 0.750. The molecule has 0 unspecified atom stereocenters. The van der Waals surface area contributed by atoms with E-state index in [0.29, 0.717) is 5.52 Å². The lowest BCUT2D eigenvalue weighted by Crippen LogP contribution is -2.14. The van der Waals surface area contributed by atoms with Crippen molar-refractivity contribution < 1.29 is 0 Å². The van der Waals surface area contributed by atoms with Crippen molar-refractivity contribution in [3.05, 3.63) is 21.9 Å². The van der Waals surface area contributed by atoms with Crippen LogP contribution in [0, 0.1) is 0 Å². The maximum atomic E-state index is 12.0. The first-order valence-electron chi connectivity index (χ1n) is 6.12. The molecule has 5 nitrogen and oxygen atoms in total. The summed E-state index contributed by atoms with van der Waals surface area (Å²) in [7, 11) is 1.79. The molecule has 2 aromatic heterocycles. The number of nitrogens with one attached hydrogen (secondary N) is 1. The summed E-state index contributed by atoms with van der Waals surface area (Å²) in [5.74, 6) is 0.760. The molecule has 0 aliphatic rings. The van der Waals surface area contributed by atoms with Crippen molar-refractivity contribution in [2.45, 2.75) is 39.5 Å². The molecule has 17 heavy (non-hydrogen) atoms. The highest BCUT2D eigenvalue weighted by Gasteiger charge is 2.13. The molecule has 0 aromatic carbocycles. The van der Waals surface area contributed by atoms with Gasteiger partial charge in [0.05, 0.1) is 5.69 Å². The SMILES string of the molecule is CCCc1nc2c(CCC)nn(C)c2c(=O)[nH]1. The molecule has 2 aromatic rings. The largest absolute Gasteiger partial charge is 0.309 e. The Kier molecular flexibility index (Phi) is 3.26. The van der Waals surface area contributed by atoms with Crippen molar-refractivity contribution in [3.63, 3.8) is 0 Å². The zero-order valence-corrected chi connectivity index (χ0v) is 10.6. The highest BCUT2D eigenvalue weighted by atomic mass is 16.1. The van der Waals surface area contributed by atoms with Crippen molar-refractivity contribution >= 4 is 11.0 Å². The van der Waals surface area contributed by atoms with Gasteiger partial charge < -0.3 is 4.98 Å². The van der Waals surface area contributed by atoms with Crippen molar-refractivity contribution in [1.82, 2.24) is 19.7 Å². The Hall–Kier alpha value is -1.65. The number of hydrogen-bond donors (Lipinski definition) is 1. The Morgan fingerprint density at radius 1 is 1.24 bits per heavy atom. The second-order valence-corrected chi connectivity index (χ2v) is 4.28. The summed E-state index contributed by atoms with van der Waals surface area (Å²) in [5, 5.41) is 4.38. The van der Waals surface area contributed by atoms with Crippen LogP contribution in [0.2, 0.25) is 0 Å². The number of aromatic amines is 1. The number of aromatic nitrogens is 4. The molecule has 0 saturated carbocycles. The highest BCUT2D eigenvalue weighted by molar-refractivity contribution is 5.76. The van der Waals surface area contributed by atoms with Crippen LogP contribution in [0.5, 0.6) is 0 Å². The van der Waals surface area contributed by atoms with Crippen LogP contribution in [0.1, 0.15) is 38.2 Å². The van der Waals surface area contributed by atoms with E-state index < -0.39 is 0 Å². The van der Waals surface area contributed by atoms with Crippen LogP contribution in [0.15, 0.2) is 4.79 Å². The molecule has 0 atom stereocenters. The van der Waals surface area contributed by atoms with Crippen molar-refractivity contribution in [1.29, 1.82) is 0 Å². The fourth-order valence-corrected chi connectivity index (χ4v) is 2.05. The molecule has 0 aliphatic heterocycles. The zero-order chi connectivity index (χ0) is 12.4. The molecule has 5 heteroatoms. The van der Waals surface area contributed by atoms with Gasteiger partial charge in [-0.3, -0.25) is 9.48 Å². The summed E-state index contributed by atoms with van der Waals surface area (Å²) in [6.45, 7) is 4.17. The monoisotopic (exact) mass is 234 g/mol. The number of fused-ring (bicyclic) bond motifs is 1. The Morgan fingerprint density at radius 3 is 2.59 bits per heavy atom. The van der Waals surface area contributed by atoms with Crippen LogP contribution >= 0.6 is 0 Å². The lowest BCUT2D eigenvalue weighted by atomic mass is 10.2. The lowest BCUT2D eigenvalue weighted by Gasteiger charge is -1.99. The third-order valence-electron chi connectivity index (χ3n) is 2.79. The predicted molar refractivity (Wildman–Crippen MR) is 67.1 cm³/mol. The summed E-state index contributed by atoms with van der Waals surface area (Å²) in [4.78, 5) is 19.3. The van der Waals surface area contributed by atoms with Crippen LogP contribution in [-0.2, 0) is 19.9 Å². The number of rotatable bonds is 4. The minimum Gasteiger partial charge on any atom is -0.309 e. The van der Waals surface area contributed by atoms with E-state index in [1.54, 1.807) is 11.7 Å². The minimum atomic E-state index is -0.0872. The molecule has 1 N–H and O–H groups in total. The second kappa shape index (κ2) is 4.69. The van der Waals surface area contributed by atoms with E-state index in [-0.39, 0.29) is 5.56 Å². The van der Waals surface area contributed by atoms with Gasteiger partial charge in [0.15, 0.2) is 5.52 Å². The third-order valence-corrected chi connectivity index (χ3v) is 2.79. The van der Waals surface area contributed by atoms with E-state index in [0.717, 1.165) is 42.7 Å². The predicted octanol–water partition coefficient (Wildman–Crippen LogP) is 1.56. The molecule has 0 radical (unpaired) electrons. The summed E-state index contributed by atoms with van der Waals surface area (Å²) >= 11 is 0. The smallest absolute Gasteiger partial charge is 0.277 e. The van der Waals surface area contributed by atoms with Crippen molar-refractivity contribution in [2.75, 3.05) is 0 Å². The van der Waals surface area contributed by atoms with Crippen LogP contribution in [0.3, 0.4) is 0 Å². The van der Waals surface area contributed by atoms with Gasteiger partial charge in [-0.25, -0.2) is 4.98 Å². The fraction of sp³-hybridized carbons (Fsp3) is 0.583. The highest BCUT2D eigenvalue weighted by Crippen LogP contribution is 2.13. The molecule has 0 aliphatic carbocycles. The summed E-state index contributed by atoms with van der Waals surface area (Å²) in [6, 6.07) is 0. The topological polar surface area (TPSA) is 63.6 Å². The van der Waals surface area contributed by atoms with Crippen molar-refractivity contribution in [3.8, 4) is 0 Å². The van der Waals surface area contributed by atoms with Crippen LogP contribution < -0.4 is 5.56 Å². The normalized spacial score (nSPS) is 11.2. The quantitative estimate of drug-likeness (QED) is 0.873. The van der Waals surface area contributed by atoms with Gasteiger partial charge in [-0.1, -0.05) is 20.3 Å². The fourth-order valence-electron chi connectivity index (χ4n) is 2.05. The number of hydrogen-bond acceptors (Lipinski definition) is 3. The maximum Gasteiger partial charge on any atom is 0.277 e. The molecule has 0 spiro atoms. The Morgan fingerprint density at radius 2 is 1.94 bits per heavy atom. The van der Waals surface area contributed by atoms with Gasteiger partial charge >= 0.3 is 0 Å². The summed E-state index contributed by atoms with van der Waals surface area (Å²) in [6.07, 6.45) is 3.63. The Labute approximate surface area is 99.9 Å². The van der Waals surface area contributed by atoms with Gasteiger partial charge in [-0.05, 0) is 12.8 Å². The summed E-state index contributed by atoms with van der Waals surface area (Å²) in [5.41, 5.74) is 2.18. The molecule has 0 bridgehead atoms. The molecular formula is C12H18N4O. The van der Waals surface area contributed by atoms with Crippen molar-refractivity contribution in [2.24, 2.45) is 7.05 Å². The van der Waals surface area contributed by atoms with Gasteiger partial charge in [0, 0.05) is 13.5 Å². The molecule has 0 fully saturated rings. The second-order valence-electron chi connectivity index (χ2n) is 4.28. The van der Waals surface area contributed by atoms with Gasteiger partial charge in [0.2, 0.25) is 0 Å². The number of aryl methyl sites for hydroxylation is 3. The minimum absolute atomic E-state index is 0.0872. The van der Waals surface area contributed by atoms with Gasteiger partial charge in [0.1, 0.15) is 11.3 Å². The molecule has 2 rings (SSSR count). The first-order chi connectivity index (χ1) is 8.17. The van der Waals surface area contributed by atoms with Gasteiger partial charge in [-0.2, -0.15) is 5.10 Å². The molecule has 0 saturated heterocycles. The average Bonchev–Trinajstić information content (AvgIpc) is 2.57. The van der Waals surface area contributed by atoms with E-state index in [2.05, 4.69) is 28.9 Å². The summed E-state index contributed by atoms with van der Waals surface area (Å²) < 4.78 is 1.63. The maximum absolute atomic E-state index is 12.0. The molecule has 92 valence electrons. The molecular weight excluding hydrogens is 216 g/mol. The van der Waals surface area contributed by atoms with E-state index in [4.69, 9.17) is 0 Å². The van der Waals surface area contributed by atoms with Gasteiger partial charge in [-0.15, -0.1) is 0 Å². The van der Waals surface area contributed by atoms with Crippen LogP contribution in [-0.4, -0.2) is 19.7 Å². The standard InChI is InChI=1S/C12H18N4O/c1-4-6-8-10-11(16(3)15-8)12(17)14-9(13-10)7-5-2/h4-7H2,1-3H3,(H,13,14,17).